The van der Waals surface area contributed by atoms with Gasteiger partial charge in [-0.05, 0) is 17.7 Å². The maximum absolute atomic E-state index is 5.78. The fourth-order valence-electron chi connectivity index (χ4n) is 1.27. The lowest BCUT2D eigenvalue weighted by Crippen LogP contribution is -1.97. The molecule has 1 aromatic carbocycles. The maximum Gasteiger partial charge on any atom is 0.131 e. The van der Waals surface area contributed by atoms with Gasteiger partial charge in [0.1, 0.15) is 12.0 Å². The van der Waals surface area contributed by atoms with Crippen molar-refractivity contribution in [1.82, 2.24) is 5.16 Å². The van der Waals surface area contributed by atoms with E-state index in [0.717, 1.165) is 16.8 Å². The van der Waals surface area contributed by atoms with Crippen LogP contribution in [0.25, 0.3) is 11.1 Å². The van der Waals surface area contributed by atoms with E-state index in [1.807, 2.05) is 24.3 Å². The van der Waals surface area contributed by atoms with Crippen molar-refractivity contribution in [2.75, 3.05) is 0 Å². The lowest BCUT2D eigenvalue weighted by Gasteiger charge is -1.98. The van der Waals surface area contributed by atoms with Crippen LogP contribution in [0, 0.1) is 0 Å². The second kappa shape index (κ2) is 5.16. The zero-order valence-corrected chi connectivity index (χ0v) is 9.39. The maximum atomic E-state index is 5.78. The fraction of sp³-hybridized carbons (Fsp3) is 0.100. The van der Waals surface area contributed by atoms with Crippen molar-refractivity contribution >= 4 is 24.0 Å². The molecule has 80 valence electrons. The van der Waals surface area contributed by atoms with Gasteiger partial charge >= 0.3 is 0 Å². The van der Waals surface area contributed by atoms with E-state index < -0.39 is 0 Å². The fourth-order valence-corrected chi connectivity index (χ4v) is 1.40. The molecule has 0 spiro atoms. The molecule has 0 aliphatic heterocycles. The monoisotopic (exact) mass is 244 g/mol. The molecule has 2 aromatic rings. The van der Waals surface area contributed by atoms with E-state index in [2.05, 4.69) is 5.16 Å². The number of nitrogens with zero attached hydrogens (tertiary/aromatic N) is 1. The van der Waals surface area contributed by atoms with Crippen LogP contribution in [0.2, 0.25) is 5.02 Å². The molecule has 5 heteroatoms. The summed E-state index contributed by atoms with van der Waals surface area (Å²) < 4.78 is 4.86. The molecule has 0 amide bonds. The Morgan fingerprint density at radius 1 is 1.27 bits per heavy atom. The molecule has 1 heterocycles. The lowest BCUT2D eigenvalue weighted by molar-refractivity contribution is 0.412. The smallest absolute Gasteiger partial charge is 0.131 e. The van der Waals surface area contributed by atoms with Gasteiger partial charge in [-0.1, -0.05) is 28.9 Å². The van der Waals surface area contributed by atoms with Gasteiger partial charge in [-0.15, -0.1) is 12.4 Å². The molecule has 0 fully saturated rings. The van der Waals surface area contributed by atoms with Crippen molar-refractivity contribution in [2.45, 2.75) is 6.54 Å². The van der Waals surface area contributed by atoms with E-state index in [0.29, 0.717) is 11.6 Å². The first kappa shape index (κ1) is 12.0. The second-order valence-electron chi connectivity index (χ2n) is 2.89. The van der Waals surface area contributed by atoms with Gasteiger partial charge in [-0.2, -0.15) is 0 Å². The highest BCUT2D eigenvalue weighted by Gasteiger charge is 2.07. The highest BCUT2D eigenvalue weighted by Crippen LogP contribution is 2.24. The summed E-state index contributed by atoms with van der Waals surface area (Å²) in [7, 11) is 0. The Balaban J connectivity index is 0.00000112. The molecule has 15 heavy (non-hydrogen) atoms. The van der Waals surface area contributed by atoms with Gasteiger partial charge in [0.25, 0.3) is 0 Å². The Kier molecular flexibility index (Phi) is 4.15. The summed E-state index contributed by atoms with van der Waals surface area (Å²) >= 11 is 5.78. The van der Waals surface area contributed by atoms with Crippen molar-refractivity contribution < 1.29 is 4.52 Å². The van der Waals surface area contributed by atoms with Crippen LogP contribution in [0.15, 0.2) is 35.1 Å². The molecular formula is C10H10Cl2N2O. The van der Waals surface area contributed by atoms with Crippen LogP contribution in [0.1, 0.15) is 5.69 Å². The summed E-state index contributed by atoms with van der Waals surface area (Å²) in [6.45, 7) is 0.370. The van der Waals surface area contributed by atoms with Crippen molar-refractivity contribution in [3.63, 3.8) is 0 Å². The van der Waals surface area contributed by atoms with E-state index in [-0.39, 0.29) is 12.4 Å². The van der Waals surface area contributed by atoms with E-state index in [9.17, 15) is 0 Å². The Morgan fingerprint density at radius 2 is 1.93 bits per heavy atom. The number of benzene rings is 1. The number of hydrogen-bond acceptors (Lipinski definition) is 3. The number of rotatable bonds is 2. The number of hydrogen-bond donors (Lipinski definition) is 1. The normalized spacial score (nSPS) is 9.73. The van der Waals surface area contributed by atoms with Crippen LogP contribution in [0.4, 0.5) is 0 Å². The Labute approximate surface area is 98.6 Å². The number of halogens is 2. The standard InChI is InChI=1S/C10H9ClN2O.ClH/c11-8-3-1-7(2-4-8)9-6-14-13-10(9)5-12;/h1-4,6H,5,12H2;1H. The Bertz CT molecular complexity index is 425. The first-order chi connectivity index (χ1) is 6.81. The van der Waals surface area contributed by atoms with Gasteiger partial charge < -0.3 is 10.3 Å². The summed E-state index contributed by atoms with van der Waals surface area (Å²) in [6.07, 6.45) is 1.59. The average Bonchev–Trinajstić information content (AvgIpc) is 2.67. The van der Waals surface area contributed by atoms with Gasteiger partial charge in [0, 0.05) is 17.1 Å². The van der Waals surface area contributed by atoms with Gasteiger partial charge in [0.05, 0.1) is 0 Å². The van der Waals surface area contributed by atoms with Crippen LogP contribution in [0.5, 0.6) is 0 Å². The molecule has 0 radical (unpaired) electrons. The molecule has 2 N–H and O–H groups in total. The molecule has 0 saturated carbocycles. The molecule has 1 aromatic heterocycles. The molecule has 0 aliphatic carbocycles. The van der Waals surface area contributed by atoms with Crippen LogP contribution in [-0.4, -0.2) is 5.16 Å². The SMILES string of the molecule is Cl.NCc1nocc1-c1ccc(Cl)cc1. The quantitative estimate of drug-likeness (QED) is 0.884. The molecule has 2 rings (SSSR count). The largest absolute Gasteiger partial charge is 0.364 e. The minimum Gasteiger partial charge on any atom is -0.364 e. The van der Waals surface area contributed by atoms with E-state index in [1.165, 1.54) is 0 Å². The molecule has 0 aliphatic rings. The van der Waals surface area contributed by atoms with Gasteiger partial charge in [-0.25, -0.2) is 0 Å². The number of nitrogens with two attached hydrogens (primary N) is 1. The molecule has 3 nitrogen and oxygen atoms in total. The third-order valence-electron chi connectivity index (χ3n) is 1.99. The van der Waals surface area contributed by atoms with Gasteiger partial charge in [0.15, 0.2) is 0 Å². The zero-order valence-electron chi connectivity index (χ0n) is 7.81. The first-order valence-corrected chi connectivity index (χ1v) is 4.58. The average molecular weight is 245 g/mol. The highest BCUT2D eigenvalue weighted by atomic mass is 35.5. The summed E-state index contributed by atoms with van der Waals surface area (Å²) in [6, 6.07) is 7.47. The minimum absolute atomic E-state index is 0. The van der Waals surface area contributed by atoms with E-state index >= 15 is 0 Å². The van der Waals surface area contributed by atoms with Crippen LogP contribution in [-0.2, 0) is 6.54 Å². The molecule has 0 saturated heterocycles. The first-order valence-electron chi connectivity index (χ1n) is 4.20. The van der Waals surface area contributed by atoms with Gasteiger partial charge in [-0.3, -0.25) is 0 Å². The molecule has 0 unspecified atom stereocenters. The minimum atomic E-state index is 0. The van der Waals surface area contributed by atoms with Crippen molar-refractivity contribution in [3.8, 4) is 11.1 Å². The Hall–Kier alpha value is -1.03. The number of aromatic nitrogens is 1. The summed E-state index contributed by atoms with van der Waals surface area (Å²) in [5.41, 5.74) is 8.20. The van der Waals surface area contributed by atoms with Gasteiger partial charge in [0.2, 0.25) is 0 Å². The lowest BCUT2D eigenvalue weighted by atomic mass is 10.1. The van der Waals surface area contributed by atoms with Crippen molar-refractivity contribution in [3.05, 3.63) is 41.2 Å². The third kappa shape index (κ3) is 2.50. The van der Waals surface area contributed by atoms with Crippen LogP contribution in [0.3, 0.4) is 0 Å². The molecule has 0 atom stereocenters. The van der Waals surface area contributed by atoms with Crippen LogP contribution >= 0.6 is 24.0 Å². The van der Waals surface area contributed by atoms with E-state index in [1.54, 1.807) is 6.26 Å². The predicted octanol–water partition coefficient (Wildman–Crippen LogP) is 2.88. The zero-order chi connectivity index (χ0) is 9.97. The second-order valence-corrected chi connectivity index (χ2v) is 3.32. The van der Waals surface area contributed by atoms with Crippen molar-refractivity contribution in [2.24, 2.45) is 5.73 Å². The summed E-state index contributed by atoms with van der Waals surface area (Å²) in [5, 5.41) is 4.51. The topological polar surface area (TPSA) is 52.0 Å². The molecule has 0 bridgehead atoms. The van der Waals surface area contributed by atoms with E-state index in [4.69, 9.17) is 21.9 Å². The summed E-state index contributed by atoms with van der Waals surface area (Å²) in [4.78, 5) is 0. The third-order valence-corrected chi connectivity index (χ3v) is 2.24. The Morgan fingerprint density at radius 3 is 2.53 bits per heavy atom. The van der Waals surface area contributed by atoms with Crippen LogP contribution < -0.4 is 5.73 Å². The molecular weight excluding hydrogens is 235 g/mol. The van der Waals surface area contributed by atoms with Crippen molar-refractivity contribution in [1.29, 1.82) is 0 Å². The summed E-state index contributed by atoms with van der Waals surface area (Å²) in [5.74, 6) is 0. The predicted molar refractivity (Wildman–Crippen MR) is 62.1 cm³/mol. The highest BCUT2D eigenvalue weighted by molar-refractivity contribution is 6.30.